The van der Waals surface area contributed by atoms with E-state index in [9.17, 15) is 4.79 Å². The summed E-state index contributed by atoms with van der Waals surface area (Å²) < 4.78 is 5.47. The van der Waals surface area contributed by atoms with Crippen LogP contribution >= 0.6 is 22.6 Å². The van der Waals surface area contributed by atoms with Gasteiger partial charge >= 0.3 is 5.97 Å². The van der Waals surface area contributed by atoms with Crippen LogP contribution in [0.3, 0.4) is 0 Å². The quantitative estimate of drug-likeness (QED) is 0.475. The van der Waals surface area contributed by atoms with Crippen molar-refractivity contribution in [2.75, 3.05) is 12.8 Å². The lowest BCUT2D eigenvalue weighted by Crippen LogP contribution is -2.02. The van der Waals surface area contributed by atoms with Crippen LogP contribution in [0.5, 0.6) is 0 Å². The molecule has 0 saturated carbocycles. The molecule has 0 aliphatic heterocycles. The van der Waals surface area contributed by atoms with Crippen LogP contribution in [-0.4, -0.2) is 23.3 Å². The molecule has 0 spiro atoms. The summed E-state index contributed by atoms with van der Waals surface area (Å²) in [7, 11) is 1.33. The number of ether oxygens (including phenoxy) is 1. The average Bonchev–Trinajstić information content (AvgIpc) is 2.59. The highest BCUT2D eigenvalue weighted by molar-refractivity contribution is 14.1. The van der Waals surface area contributed by atoms with Crippen molar-refractivity contribution in [3.63, 3.8) is 0 Å². The maximum atomic E-state index is 11.3. The third-order valence-electron chi connectivity index (χ3n) is 2.06. The first-order valence-corrected chi connectivity index (χ1v) is 5.22. The number of H-pyrrole nitrogens is 1. The average molecular weight is 317 g/mol. The van der Waals surface area contributed by atoms with Gasteiger partial charge < -0.3 is 10.5 Å². The Labute approximate surface area is 99.1 Å². The van der Waals surface area contributed by atoms with Crippen LogP contribution in [0.15, 0.2) is 12.1 Å². The van der Waals surface area contributed by atoms with Crippen molar-refractivity contribution >= 4 is 45.2 Å². The Morgan fingerprint density at radius 3 is 3.00 bits per heavy atom. The Bertz CT molecular complexity index is 535. The van der Waals surface area contributed by atoms with Gasteiger partial charge in [0.1, 0.15) is 3.70 Å². The van der Waals surface area contributed by atoms with E-state index in [1.54, 1.807) is 12.1 Å². The lowest BCUT2D eigenvalue weighted by molar-refractivity contribution is 0.0601. The van der Waals surface area contributed by atoms with Crippen molar-refractivity contribution in [2.45, 2.75) is 0 Å². The van der Waals surface area contributed by atoms with Crippen LogP contribution in [0.4, 0.5) is 5.69 Å². The number of carbonyl (C=O) groups excluding carboxylic acids is 1. The smallest absolute Gasteiger partial charge is 0.338 e. The number of fused-ring (bicyclic) bond motifs is 1. The highest BCUT2D eigenvalue weighted by atomic mass is 127. The summed E-state index contributed by atoms with van der Waals surface area (Å²) in [6.45, 7) is 0. The molecule has 0 bridgehead atoms. The van der Waals surface area contributed by atoms with E-state index in [1.807, 2.05) is 0 Å². The zero-order chi connectivity index (χ0) is 11.0. The van der Waals surface area contributed by atoms with Crippen molar-refractivity contribution in [1.29, 1.82) is 0 Å². The van der Waals surface area contributed by atoms with Gasteiger partial charge in [0.2, 0.25) is 0 Å². The fraction of sp³-hybridized carbons (Fsp3) is 0.111. The predicted octanol–water partition coefficient (Wildman–Crippen LogP) is 1.54. The summed E-state index contributed by atoms with van der Waals surface area (Å²) in [5.74, 6) is -0.415. The van der Waals surface area contributed by atoms with E-state index < -0.39 is 5.97 Å². The number of halogens is 1. The van der Waals surface area contributed by atoms with Crippen molar-refractivity contribution in [2.24, 2.45) is 0 Å². The predicted molar refractivity (Wildman–Crippen MR) is 64.6 cm³/mol. The fourth-order valence-electron chi connectivity index (χ4n) is 1.38. The monoisotopic (exact) mass is 317 g/mol. The minimum atomic E-state index is -0.415. The van der Waals surface area contributed by atoms with Crippen LogP contribution in [0, 0.1) is 3.70 Å². The molecule has 15 heavy (non-hydrogen) atoms. The van der Waals surface area contributed by atoms with Crippen LogP contribution < -0.4 is 5.73 Å². The van der Waals surface area contributed by atoms with E-state index in [0.717, 1.165) is 9.09 Å². The second kappa shape index (κ2) is 3.69. The van der Waals surface area contributed by atoms with Gasteiger partial charge in [-0.3, -0.25) is 5.10 Å². The van der Waals surface area contributed by atoms with E-state index in [0.29, 0.717) is 16.8 Å². The van der Waals surface area contributed by atoms with Crippen LogP contribution in [0.2, 0.25) is 0 Å². The molecule has 0 aliphatic rings. The molecule has 0 unspecified atom stereocenters. The first-order valence-electron chi connectivity index (χ1n) is 4.15. The molecule has 6 heteroatoms. The van der Waals surface area contributed by atoms with Gasteiger partial charge in [-0.2, -0.15) is 5.10 Å². The Morgan fingerprint density at radius 2 is 2.33 bits per heavy atom. The third kappa shape index (κ3) is 1.65. The number of nitrogens with two attached hydrogens (primary N) is 1. The Hall–Kier alpha value is -1.31. The molecule has 2 rings (SSSR count). The molecule has 1 aromatic carbocycles. The molecular formula is C9H8IN3O2. The number of anilines is 1. The molecule has 2 aromatic rings. The lowest BCUT2D eigenvalue weighted by atomic mass is 10.1. The number of nitrogens with zero attached hydrogens (tertiary/aromatic N) is 1. The number of esters is 1. The van der Waals surface area contributed by atoms with Gasteiger partial charge in [-0.1, -0.05) is 0 Å². The second-order valence-electron chi connectivity index (χ2n) is 2.99. The Balaban J connectivity index is 2.68. The van der Waals surface area contributed by atoms with Crippen molar-refractivity contribution in [1.82, 2.24) is 10.2 Å². The number of hydrogen-bond acceptors (Lipinski definition) is 4. The van der Waals surface area contributed by atoms with Gasteiger partial charge in [-0.15, -0.1) is 0 Å². The highest BCUT2D eigenvalue weighted by Crippen LogP contribution is 2.25. The SMILES string of the molecule is COC(=O)c1cc(N)c2c(I)[nH]nc2c1. The zero-order valence-electron chi connectivity index (χ0n) is 7.87. The van der Waals surface area contributed by atoms with E-state index in [-0.39, 0.29) is 0 Å². The Morgan fingerprint density at radius 1 is 1.60 bits per heavy atom. The van der Waals surface area contributed by atoms with Crippen LogP contribution in [0.1, 0.15) is 10.4 Å². The summed E-state index contributed by atoms with van der Waals surface area (Å²) in [5.41, 5.74) is 7.42. The molecular weight excluding hydrogens is 309 g/mol. The number of rotatable bonds is 1. The summed E-state index contributed by atoms with van der Waals surface area (Å²) in [5, 5.41) is 7.68. The largest absolute Gasteiger partial charge is 0.465 e. The van der Waals surface area contributed by atoms with Crippen LogP contribution in [-0.2, 0) is 4.74 Å². The number of nitrogens with one attached hydrogen (secondary N) is 1. The number of carbonyl (C=O) groups is 1. The second-order valence-corrected chi connectivity index (χ2v) is 4.07. The molecule has 5 nitrogen and oxygen atoms in total. The normalized spacial score (nSPS) is 10.5. The van der Waals surface area contributed by atoms with Gasteiger partial charge in [0, 0.05) is 5.69 Å². The molecule has 0 amide bonds. The highest BCUT2D eigenvalue weighted by Gasteiger charge is 2.12. The zero-order valence-corrected chi connectivity index (χ0v) is 10.0. The standard InChI is InChI=1S/C9H8IN3O2/c1-15-9(14)4-2-5(11)7-6(3-4)12-13-8(7)10/h2-3H,11H2,1H3,(H,12,13). The first-order chi connectivity index (χ1) is 7.13. The minimum Gasteiger partial charge on any atom is -0.465 e. The van der Waals surface area contributed by atoms with E-state index in [1.165, 1.54) is 7.11 Å². The number of benzene rings is 1. The van der Waals surface area contributed by atoms with E-state index in [4.69, 9.17) is 5.73 Å². The lowest BCUT2D eigenvalue weighted by Gasteiger charge is -2.01. The molecule has 0 radical (unpaired) electrons. The number of nitrogen functional groups attached to an aromatic ring is 1. The van der Waals surface area contributed by atoms with Crippen LogP contribution in [0.25, 0.3) is 10.9 Å². The molecule has 0 atom stereocenters. The molecule has 1 heterocycles. The van der Waals surface area contributed by atoms with Crippen molar-refractivity contribution in [3.8, 4) is 0 Å². The topological polar surface area (TPSA) is 81.0 Å². The molecule has 0 fully saturated rings. The van der Waals surface area contributed by atoms with E-state index >= 15 is 0 Å². The molecule has 1 aromatic heterocycles. The summed E-state index contributed by atoms with van der Waals surface area (Å²) in [6, 6.07) is 3.24. The Kier molecular flexibility index (Phi) is 2.51. The molecule has 0 saturated heterocycles. The maximum absolute atomic E-state index is 11.3. The summed E-state index contributed by atoms with van der Waals surface area (Å²) >= 11 is 2.10. The minimum absolute atomic E-state index is 0.408. The fourth-order valence-corrected chi connectivity index (χ4v) is 2.09. The van der Waals surface area contributed by atoms with Gasteiger partial charge in [0.15, 0.2) is 0 Å². The van der Waals surface area contributed by atoms with Gasteiger partial charge in [-0.25, -0.2) is 4.79 Å². The van der Waals surface area contributed by atoms with Crippen molar-refractivity contribution in [3.05, 3.63) is 21.4 Å². The number of aromatic amines is 1. The number of aromatic nitrogens is 2. The van der Waals surface area contributed by atoms with E-state index in [2.05, 4.69) is 37.5 Å². The molecule has 0 aliphatic carbocycles. The van der Waals surface area contributed by atoms with Gasteiger partial charge in [-0.05, 0) is 34.7 Å². The van der Waals surface area contributed by atoms with Crippen molar-refractivity contribution < 1.29 is 9.53 Å². The molecule has 3 N–H and O–H groups in total. The number of methoxy groups -OCH3 is 1. The number of hydrogen-bond donors (Lipinski definition) is 2. The maximum Gasteiger partial charge on any atom is 0.338 e. The summed E-state index contributed by atoms with van der Waals surface area (Å²) in [6.07, 6.45) is 0. The third-order valence-corrected chi connectivity index (χ3v) is 2.84. The first kappa shape index (κ1) is 10.2. The van der Waals surface area contributed by atoms with Gasteiger partial charge in [0.25, 0.3) is 0 Å². The summed E-state index contributed by atoms with van der Waals surface area (Å²) in [4.78, 5) is 11.3. The molecule has 78 valence electrons. The van der Waals surface area contributed by atoms with Gasteiger partial charge in [0.05, 0.1) is 23.6 Å².